The van der Waals surface area contributed by atoms with E-state index in [1.165, 1.54) is 29.5 Å². The molecule has 0 bridgehead atoms. The Labute approximate surface area is 114 Å². The third kappa shape index (κ3) is 2.64. The second-order valence-electron chi connectivity index (χ2n) is 5.49. The maximum absolute atomic E-state index is 5.72. The number of fused-ring (bicyclic) bond motifs is 1. The fraction of sp³-hybridized carbons (Fsp3) is 0.294. The van der Waals surface area contributed by atoms with Crippen LogP contribution in [0.1, 0.15) is 16.7 Å². The highest BCUT2D eigenvalue weighted by Gasteiger charge is 2.24. The molecular weight excluding hydrogens is 232 g/mol. The molecule has 0 unspecified atom stereocenters. The first kappa shape index (κ1) is 12.2. The van der Waals surface area contributed by atoms with E-state index in [2.05, 4.69) is 48.3 Å². The smallest absolute Gasteiger partial charge is 0.0314 e. The van der Waals surface area contributed by atoms with Crippen molar-refractivity contribution in [2.75, 3.05) is 12.8 Å². The van der Waals surface area contributed by atoms with E-state index in [9.17, 15) is 0 Å². The number of hydrogen-bond acceptors (Lipinski definition) is 2. The zero-order valence-corrected chi connectivity index (χ0v) is 11.3. The van der Waals surface area contributed by atoms with Crippen LogP contribution in [0, 0.1) is 0 Å². The van der Waals surface area contributed by atoms with Gasteiger partial charge < -0.3 is 5.73 Å². The summed E-state index contributed by atoms with van der Waals surface area (Å²) in [4.78, 5) is 2.45. The second kappa shape index (κ2) is 5.06. The van der Waals surface area contributed by atoms with Gasteiger partial charge in [0.15, 0.2) is 0 Å². The molecule has 0 amide bonds. The lowest BCUT2D eigenvalue weighted by molar-refractivity contribution is 0.241. The van der Waals surface area contributed by atoms with Gasteiger partial charge in [0.2, 0.25) is 0 Å². The average Bonchev–Trinajstić information content (AvgIpc) is 2.85. The van der Waals surface area contributed by atoms with Crippen LogP contribution in [-0.2, 0) is 19.4 Å². The predicted octanol–water partition coefficient (Wildman–Crippen LogP) is 2.87. The number of nitrogen functional groups attached to an aromatic ring is 1. The van der Waals surface area contributed by atoms with E-state index in [4.69, 9.17) is 5.73 Å². The molecule has 2 heteroatoms. The summed E-state index contributed by atoms with van der Waals surface area (Å²) in [7, 11) is 2.22. The van der Waals surface area contributed by atoms with E-state index in [0.717, 1.165) is 12.2 Å². The van der Waals surface area contributed by atoms with Crippen LogP contribution in [0.4, 0.5) is 5.69 Å². The zero-order chi connectivity index (χ0) is 13.2. The Morgan fingerprint density at radius 2 is 1.58 bits per heavy atom. The summed E-state index contributed by atoms with van der Waals surface area (Å²) in [5.74, 6) is 0. The molecule has 1 aliphatic rings. The summed E-state index contributed by atoms with van der Waals surface area (Å²) in [6, 6.07) is 17.6. The van der Waals surface area contributed by atoms with E-state index in [0.29, 0.717) is 6.04 Å². The molecule has 0 saturated carbocycles. The Morgan fingerprint density at radius 3 is 2.16 bits per heavy atom. The minimum absolute atomic E-state index is 0.620. The van der Waals surface area contributed by atoms with Crippen molar-refractivity contribution < 1.29 is 0 Å². The van der Waals surface area contributed by atoms with Gasteiger partial charge in [0, 0.05) is 18.3 Å². The molecule has 2 N–H and O–H groups in total. The molecule has 0 heterocycles. The van der Waals surface area contributed by atoms with E-state index in [1.54, 1.807) is 0 Å². The third-order valence-corrected chi connectivity index (χ3v) is 4.06. The van der Waals surface area contributed by atoms with Crippen LogP contribution in [0.25, 0.3) is 0 Å². The van der Waals surface area contributed by atoms with Crippen molar-refractivity contribution in [2.24, 2.45) is 0 Å². The van der Waals surface area contributed by atoms with Gasteiger partial charge in [0.05, 0.1) is 0 Å². The van der Waals surface area contributed by atoms with Crippen LogP contribution in [0.5, 0.6) is 0 Å². The van der Waals surface area contributed by atoms with Crippen molar-refractivity contribution in [1.29, 1.82) is 0 Å². The molecule has 2 aromatic carbocycles. The van der Waals surface area contributed by atoms with Gasteiger partial charge in [-0.15, -0.1) is 0 Å². The third-order valence-electron chi connectivity index (χ3n) is 4.06. The topological polar surface area (TPSA) is 29.3 Å². The van der Waals surface area contributed by atoms with Crippen molar-refractivity contribution >= 4 is 5.69 Å². The number of rotatable bonds is 3. The Kier molecular flexibility index (Phi) is 3.26. The van der Waals surface area contributed by atoms with Gasteiger partial charge in [-0.1, -0.05) is 36.4 Å². The Hall–Kier alpha value is -1.80. The standard InChI is InChI=1S/C17H20N2/c1-19(12-13-6-8-16(18)9-7-13)17-10-14-4-2-3-5-15(14)11-17/h2-9,17H,10-12,18H2,1H3. The molecule has 0 fully saturated rings. The van der Waals surface area contributed by atoms with Gasteiger partial charge in [0.1, 0.15) is 0 Å². The Balaban J connectivity index is 1.66. The molecule has 19 heavy (non-hydrogen) atoms. The quantitative estimate of drug-likeness (QED) is 0.851. The Morgan fingerprint density at radius 1 is 1.00 bits per heavy atom. The van der Waals surface area contributed by atoms with Crippen molar-refractivity contribution in [2.45, 2.75) is 25.4 Å². The first-order valence-electron chi connectivity index (χ1n) is 6.84. The number of hydrogen-bond donors (Lipinski definition) is 1. The summed E-state index contributed by atoms with van der Waals surface area (Å²) in [5, 5.41) is 0. The lowest BCUT2D eigenvalue weighted by atomic mass is 10.1. The van der Waals surface area contributed by atoms with Crippen LogP contribution in [0.15, 0.2) is 48.5 Å². The van der Waals surface area contributed by atoms with Gasteiger partial charge in [-0.3, -0.25) is 4.90 Å². The summed E-state index contributed by atoms with van der Waals surface area (Å²) >= 11 is 0. The van der Waals surface area contributed by atoms with Gasteiger partial charge in [0.25, 0.3) is 0 Å². The summed E-state index contributed by atoms with van der Waals surface area (Å²) in [6.07, 6.45) is 2.34. The summed E-state index contributed by atoms with van der Waals surface area (Å²) < 4.78 is 0. The molecule has 98 valence electrons. The minimum Gasteiger partial charge on any atom is -0.399 e. The van der Waals surface area contributed by atoms with Crippen molar-refractivity contribution in [3.8, 4) is 0 Å². The average molecular weight is 252 g/mol. The van der Waals surface area contributed by atoms with Crippen LogP contribution < -0.4 is 5.73 Å². The zero-order valence-electron chi connectivity index (χ0n) is 11.3. The summed E-state index contributed by atoms with van der Waals surface area (Å²) in [6.45, 7) is 0.985. The van der Waals surface area contributed by atoms with Gasteiger partial charge in [-0.05, 0) is 48.7 Å². The maximum atomic E-state index is 5.72. The monoisotopic (exact) mass is 252 g/mol. The fourth-order valence-electron chi connectivity index (χ4n) is 2.89. The van der Waals surface area contributed by atoms with Crippen LogP contribution in [-0.4, -0.2) is 18.0 Å². The number of anilines is 1. The van der Waals surface area contributed by atoms with E-state index in [1.807, 2.05) is 12.1 Å². The SMILES string of the molecule is CN(Cc1ccc(N)cc1)C1Cc2ccccc2C1. The predicted molar refractivity (Wildman–Crippen MR) is 80.0 cm³/mol. The molecule has 0 atom stereocenters. The molecule has 0 spiro atoms. The van der Waals surface area contributed by atoms with Crippen LogP contribution in [0.2, 0.25) is 0 Å². The highest BCUT2D eigenvalue weighted by molar-refractivity contribution is 5.39. The lowest BCUT2D eigenvalue weighted by Gasteiger charge is -2.24. The van der Waals surface area contributed by atoms with Gasteiger partial charge >= 0.3 is 0 Å². The highest BCUT2D eigenvalue weighted by atomic mass is 15.1. The first-order chi connectivity index (χ1) is 9.22. The normalized spacial score (nSPS) is 14.8. The molecule has 0 radical (unpaired) electrons. The number of nitrogens with two attached hydrogens (primary N) is 1. The largest absolute Gasteiger partial charge is 0.399 e. The van der Waals surface area contributed by atoms with Crippen LogP contribution >= 0.6 is 0 Å². The molecule has 0 aromatic heterocycles. The number of likely N-dealkylation sites (N-methyl/N-ethyl adjacent to an activating group) is 1. The number of nitrogens with zero attached hydrogens (tertiary/aromatic N) is 1. The molecule has 1 aliphatic carbocycles. The van der Waals surface area contributed by atoms with Crippen molar-refractivity contribution in [3.05, 3.63) is 65.2 Å². The fourth-order valence-corrected chi connectivity index (χ4v) is 2.89. The lowest BCUT2D eigenvalue weighted by Crippen LogP contribution is -2.31. The number of benzene rings is 2. The molecule has 0 saturated heterocycles. The van der Waals surface area contributed by atoms with Gasteiger partial charge in [-0.25, -0.2) is 0 Å². The minimum atomic E-state index is 0.620. The highest BCUT2D eigenvalue weighted by Crippen LogP contribution is 2.25. The molecule has 3 rings (SSSR count). The molecule has 2 aromatic rings. The van der Waals surface area contributed by atoms with Gasteiger partial charge in [-0.2, -0.15) is 0 Å². The van der Waals surface area contributed by atoms with E-state index < -0.39 is 0 Å². The van der Waals surface area contributed by atoms with E-state index in [-0.39, 0.29) is 0 Å². The molecular formula is C17H20N2. The Bertz CT molecular complexity index is 535. The molecule has 0 aliphatic heterocycles. The van der Waals surface area contributed by atoms with E-state index >= 15 is 0 Å². The second-order valence-corrected chi connectivity index (χ2v) is 5.49. The first-order valence-corrected chi connectivity index (χ1v) is 6.84. The van der Waals surface area contributed by atoms with Crippen LogP contribution in [0.3, 0.4) is 0 Å². The maximum Gasteiger partial charge on any atom is 0.0314 e. The molecule has 2 nitrogen and oxygen atoms in total. The van der Waals surface area contributed by atoms with Crippen molar-refractivity contribution in [1.82, 2.24) is 4.90 Å². The summed E-state index contributed by atoms with van der Waals surface area (Å²) in [5.41, 5.74) is 10.9. The van der Waals surface area contributed by atoms with Crippen molar-refractivity contribution in [3.63, 3.8) is 0 Å².